The molecule has 1 aromatic carbocycles. The molecule has 0 aliphatic carbocycles. The minimum Gasteiger partial charge on any atom is -0.399 e. The second-order valence-corrected chi connectivity index (χ2v) is 4.86. The number of nitrogens with one attached hydrogen (secondary N) is 1. The van der Waals surface area contributed by atoms with Crippen LogP contribution < -0.4 is 11.1 Å². The Kier molecular flexibility index (Phi) is 3.12. The van der Waals surface area contributed by atoms with Crippen LogP contribution in [0.4, 0.5) is 16.5 Å². The lowest BCUT2D eigenvalue weighted by Gasteiger charge is -2.02. The number of benzene rings is 1. The summed E-state index contributed by atoms with van der Waals surface area (Å²) < 4.78 is 0. The maximum absolute atomic E-state index is 5.65. The Morgan fingerprint density at radius 3 is 2.58 bits per heavy atom. The van der Waals surface area contributed by atoms with Gasteiger partial charge in [-0.3, -0.25) is 4.98 Å². The Hall–Kier alpha value is -2.40. The maximum atomic E-state index is 5.65. The Balaban J connectivity index is 1.80. The third kappa shape index (κ3) is 2.71. The first-order valence-corrected chi connectivity index (χ1v) is 6.69. The maximum Gasteiger partial charge on any atom is 0.187 e. The molecule has 19 heavy (non-hydrogen) atoms. The van der Waals surface area contributed by atoms with Crippen molar-refractivity contribution in [2.24, 2.45) is 0 Å². The molecule has 0 saturated heterocycles. The van der Waals surface area contributed by atoms with Gasteiger partial charge in [0.15, 0.2) is 5.13 Å². The van der Waals surface area contributed by atoms with Crippen LogP contribution in [0.25, 0.3) is 11.4 Å². The van der Waals surface area contributed by atoms with Crippen LogP contribution in [-0.4, -0.2) is 9.97 Å². The van der Waals surface area contributed by atoms with Crippen molar-refractivity contribution in [3.63, 3.8) is 0 Å². The van der Waals surface area contributed by atoms with Crippen LogP contribution in [0.3, 0.4) is 0 Å². The van der Waals surface area contributed by atoms with Crippen LogP contribution in [0, 0.1) is 0 Å². The topological polar surface area (TPSA) is 63.8 Å². The first kappa shape index (κ1) is 11.7. The zero-order chi connectivity index (χ0) is 13.1. The predicted octanol–water partition coefficient (Wildman–Crippen LogP) is 3.53. The van der Waals surface area contributed by atoms with Gasteiger partial charge >= 0.3 is 0 Å². The van der Waals surface area contributed by atoms with Crippen LogP contribution in [-0.2, 0) is 0 Å². The zero-order valence-corrected chi connectivity index (χ0v) is 10.9. The minimum atomic E-state index is 0.749. The Morgan fingerprint density at radius 1 is 1.00 bits per heavy atom. The standard InChI is InChI=1S/C14H12N4S/c15-10-4-6-11(7-5-10)17-14-18-13(9-19-14)12-3-1-2-8-16-12/h1-9H,15H2,(H,17,18). The number of rotatable bonds is 3. The number of nitrogen functional groups attached to an aromatic ring is 1. The van der Waals surface area contributed by atoms with Crippen LogP contribution >= 0.6 is 11.3 Å². The summed E-state index contributed by atoms with van der Waals surface area (Å²) in [5, 5.41) is 6.07. The molecule has 2 heterocycles. The monoisotopic (exact) mass is 268 g/mol. The van der Waals surface area contributed by atoms with E-state index < -0.39 is 0 Å². The first-order valence-electron chi connectivity index (χ1n) is 5.81. The second kappa shape index (κ2) is 5.07. The lowest BCUT2D eigenvalue weighted by atomic mass is 10.3. The van der Waals surface area contributed by atoms with E-state index in [0.29, 0.717) is 0 Å². The molecule has 94 valence electrons. The number of nitrogens with two attached hydrogens (primary N) is 1. The molecule has 0 unspecified atom stereocenters. The molecule has 0 saturated carbocycles. The number of aromatic nitrogens is 2. The highest BCUT2D eigenvalue weighted by Crippen LogP contribution is 2.26. The number of hydrogen-bond donors (Lipinski definition) is 2. The van der Waals surface area contributed by atoms with Gasteiger partial charge in [-0.05, 0) is 36.4 Å². The SMILES string of the molecule is Nc1ccc(Nc2nc(-c3ccccn3)cs2)cc1. The molecule has 3 N–H and O–H groups in total. The highest BCUT2D eigenvalue weighted by atomic mass is 32.1. The Labute approximate surface area is 115 Å². The molecule has 0 aliphatic rings. The summed E-state index contributed by atoms with van der Waals surface area (Å²) in [7, 11) is 0. The van der Waals surface area contributed by atoms with E-state index in [-0.39, 0.29) is 0 Å². The summed E-state index contributed by atoms with van der Waals surface area (Å²) in [4.78, 5) is 8.79. The molecule has 0 atom stereocenters. The van der Waals surface area contributed by atoms with E-state index in [0.717, 1.165) is 27.9 Å². The van der Waals surface area contributed by atoms with Crippen molar-refractivity contribution in [2.75, 3.05) is 11.1 Å². The summed E-state index contributed by atoms with van der Waals surface area (Å²) in [5.74, 6) is 0. The van der Waals surface area contributed by atoms with Gasteiger partial charge in [0.1, 0.15) is 5.69 Å². The summed E-state index contributed by atoms with van der Waals surface area (Å²) >= 11 is 1.55. The quantitative estimate of drug-likeness (QED) is 0.713. The molecule has 0 fully saturated rings. The van der Waals surface area contributed by atoms with Gasteiger partial charge < -0.3 is 11.1 Å². The van der Waals surface area contributed by atoms with Gasteiger partial charge in [0.2, 0.25) is 0 Å². The van der Waals surface area contributed by atoms with Crippen molar-refractivity contribution in [2.45, 2.75) is 0 Å². The third-order valence-corrected chi connectivity index (χ3v) is 3.35. The van der Waals surface area contributed by atoms with Crippen LogP contribution in [0.15, 0.2) is 54.0 Å². The first-order chi connectivity index (χ1) is 9.31. The lowest BCUT2D eigenvalue weighted by molar-refractivity contribution is 1.28. The van der Waals surface area contributed by atoms with E-state index in [1.807, 2.05) is 47.8 Å². The van der Waals surface area contributed by atoms with E-state index in [1.54, 1.807) is 17.5 Å². The molecule has 0 radical (unpaired) electrons. The second-order valence-electron chi connectivity index (χ2n) is 4.00. The van der Waals surface area contributed by atoms with Crippen molar-refractivity contribution in [3.05, 3.63) is 54.0 Å². The van der Waals surface area contributed by atoms with E-state index >= 15 is 0 Å². The molecule has 5 heteroatoms. The minimum absolute atomic E-state index is 0.749. The molecule has 0 aliphatic heterocycles. The molecular formula is C14H12N4S. The Morgan fingerprint density at radius 2 is 1.84 bits per heavy atom. The van der Waals surface area contributed by atoms with Crippen molar-refractivity contribution in [3.8, 4) is 11.4 Å². The van der Waals surface area contributed by atoms with E-state index in [4.69, 9.17) is 5.73 Å². The highest BCUT2D eigenvalue weighted by molar-refractivity contribution is 7.14. The molecule has 3 rings (SSSR count). The lowest BCUT2D eigenvalue weighted by Crippen LogP contribution is -1.91. The average Bonchev–Trinajstić information content (AvgIpc) is 2.91. The fourth-order valence-corrected chi connectivity index (χ4v) is 2.38. The van der Waals surface area contributed by atoms with Crippen molar-refractivity contribution in [1.82, 2.24) is 9.97 Å². The predicted molar refractivity (Wildman–Crippen MR) is 79.5 cm³/mol. The van der Waals surface area contributed by atoms with E-state index in [1.165, 1.54) is 0 Å². The van der Waals surface area contributed by atoms with Gasteiger partial charge in [-0.1, -0.05) is 6.07 Å². The molecule has 0 amide bonds. The number of anilines is 3. The number of nitrogens with zero attached hydrogens (tertiary/aromatic N) is 2. The van der Waals surface area contributed by atoms with E-state index in [2.05, 4.69) is 15.3 Å². The normalized spacial score (nSPS) is 10.3. The number of thiazole rings is 1. The van der Waals surface area contributed by atoms with Gasteiger partial charge in [-0.2, -0.15) is 0 Å². The fraction of sp³-hybridized carbons (Fsp3) is 0. The van der Waals surface area contributed by atoms with Gasteiger partial charge in [0, 0.05) is 23.0 Å². The van der Waals surface area contributed by atoms with Crippen molar-refractivity contribution in [1.29, 1.82) is 0 Å². The zero-order valence-electron chi connectivity index (χ0n) is 10.1. The Bertz CT molecular complexity index is 661. The molecular weight excluding hydrogens is 256 g/mol. The largest absolute Gasteiger partial charge is 0.399 e. The van der Waals surface area contributed by atoms with Crippen molar-refractivity contribution < 1.29 is 0 Å². The smallest absolute Gasteiger partial charge is 0.187 e. The molecule has 4 nitrogen and oxygen atoms in total. The number of hydrogen-bond acceptors (Lipinski definition) is 5. The summed E-state index contributed by atoms with van der Waals surface area (Å²) in [6.45, 7) is 0. The number of pyridine rings is 1. The molecule has 2 aromatic heterocycles. The summed E-state index contributed by atoms with van der Waals surface area (Å²) in [6.07, 6.45) is 1.77. The third-order valence-electron chi connectivity index (χ3n) is 2.59. The molecule has 3 aromatic rings. The van der Waals surface area contributed by atoms with Gasteiger partial charge in [-0.25, -0.2) is 4.98 Å². The van der Waals surface area contributed by atoms with Gasteiger partial charge in [-0.15, -0.1) is 11.3 Å². The van der Waals surface area contributed by atoms with Crippen LogP contribution in [0.2, 0.25) is 0 Å². The van der Waals surface area contributed by atoms with Gasteiger partial charge in [0.05, 0.1) is 5.69 Å². The van der Waals surface area contributed by atoms with Crippen molar-refractivity contribution >= 4 is 27.8 Å². The molecule has 0 spiro atoms. The van der Waals surface area contributed by atoms with E-state index in [9.17, 15) is 0 Å². The highest BCUT2D eigenvalue weighted by Gasteiger charge is 2.05. The van der Waals surface area contributed by atoms with Crippen LogP contribution in [0.1, 0.15) is 0 Å². The van der Waals surface area contributed by atoms with Gasteiger partial charge in [0.25, 0.3) is 0 Å². The average molecular weight is 268 g/mol. The summed E-state index contributed by atoms with van der Waals surface area (Å²) in [6, 6.07) is 13.4. The van der Waals surface area contributed by atoms with Crippen LogP contribution in [0.5, 0.6) is 0 Å². The molecule has 0 bridgehead atoms. The summed E-state index contributed by atoms with van der Waals surface area (Å²) in [5.41, 5.74) is 9.13. The fourth-order valence-electron chi connectivity index (χ4n) is 1.65.